The smallest absolute Gasteiger partial charge is 0.438 e. The van der Waals surface area contributed by atoms with Crippen LogP contribution in [0.15, 0.2) is 15.8 Å². The zero-order chi connectivity index (χ0) is 18.6. The SMILES string of the molecule is COC(=O)OC[C@@H]1O[C@@H](n2cc(C)c(=O)[nH]c2=O)C[C@@H]1OC(=O)OC. The number of carbonyl (C=O) groups excluding carboxylic acids is 2. The van der Waals surface area contributed by atoms with E-state index in [0.717, 1.165) is 14.2 Å². The lowest BCUT2D eigenvalue weighted by molar-refractivity contribution is -0.0644. The Hall–Kier alpha value is -2.82. The van der Waals surface area contributed by atoms with Gasteiger partial charge in [-0.3, -0.25) is 14.3 Å². The van der Waals surface area contributed by atoms with Crippen LogP contribution in [0, 0.1) is 6.92 Å². The molecule has 0 aliphatic carbocycles. The van der Waals surface area contributed by atoms with Gasteiger partial charge in [0.15, 0.2) is 0 Å². The maximum absolute atomic E-state index is 12.0. The van der Waals surface area contributed by atoms with Gasteiger partial charge in [-0.15, -0.1) is 0 Å². The molecule has 0 unspecified atom stereocenters. The fourth-order valence-electron chi connectivity index (χ4n) is 2.33. The number of carbonyl (C=O) groups is 2. The van der Waals surface area contributed by atoms with Gasteiger partial charge < -0.3 is 23.7 Å². The fourth-order valence-corrected chi connectivity index (χ4v) is 2.33. The third-order valence-corrected chi connectivity index (χ3v) is 3.58. The summed E-state index contributed by atoms with van der Waals surface area (Å²) in [5, 5.41) is 0. The Bertz CT molecular complexity index is 753. The standard InChI is InChI=1S/C14H18N2O9/c1-7-5-16(12(18)15-11(7)17)10-4-8(25-14(20)22-3)9(24-10)6-23-13(19)21-2/h5,8-10H,4,6H2,1-3H3,(H,15,17,18)/t8-,9-,10+/m0/s1. The van der Waals surface area contributed by atoms with Crippen LogP contribution in [0.5, 0.6) is 0 Å². The Morgan fingerprint density at radius 2 is 1.96 bits per heavy atom. The molecule has 11 heteroatoms. The van der Waals surface area contributed by atoms with Crippen LogP contribution in [0.25, 0.3) is 0 Å². The zero-order valence-electron chi connectivity index (χ0n) is 13.8. The molecule has 1 N–H and O–H groups in total. The second-order valence-corrected chi connectivity index (χ2v) is 5.22. The molecule has 1 aromatic heterocycles. The number of ether oxygens (including phenoxy) is 5. The highest BCUT2D eigenvalue weighted by Gasteiger charge is 2.40. The van der Waals surface area contributed by atoms with E-state index in [4.69, 9.17) is 14.2 Å². The summed E-state index contributed by atoms with van der Waals surface area (Å²) in [5.41, 5.74) is -0.873. The average molecular weight is 358 g/mol. The lowest BCUT2D eigenvalue weighted by Crippen LogP contribution is -2.33. The zero-order valence-corrected chi connectivity index (χ0v) is 13.8. The van der Waals surface area contributed by atoms with Crippen LogP contribution in [0.4, 0.5) is 9.59 Å². The Morgan fingerprint density at radius 1 is 1.28 bits per heavy atom. The molecule has 0 spiro atoms. The Balaban J connectivity index is 2.20. The van der Waals surface area contributed by atoms with Crippen molar-refractivity contribution in [2.24, 2.45) is 0 Å². The van der Waals surface area contributed by atoms with Crippen molar-refractivity contribution >= 4 is 12.3 Å². The molecule has 0 saturated carbocycles. The largest absolute Gasteiger partial charge is 0.508 e. The summed E-state index contributed by atoms with van der Waals surface area (Å²) in [7, 11) is 2.29. The molecule has 2 rings (SSSR count). The van der Waals surface area contributed by atoms with E-state index in [1.165, 1.54) is 17.7 Å². The first kappa shape index (κ1) is 18.5. The second kappa shape index (κ2) is 7.83. The molecule has 138 valence electrons. The molecule has 25 heavy (non-hydrogen) atoms. The van der Waals surface area contributed by atoms with E-state index < -0.39 is 42.0 Å². The van der Waals surface area contributed by atoms with E-state index in [9.17, 15) is 19.2 Å². The summed E-state index contributed by atoms with van der Waals surface area (Å²) in [4.78, 5) is 48.1. The monoisotopic (exact) mass is 358 g/mol. The highest BCUT2D eigenvalue weighted by atomic mass is 16.7. The number of nitrogens with zero attached hydrogens (tertiary/aromatic N) is 1. The van der Waals surface area contributed by atoms with Gasteiger partial charge in [0.25, 0.3) is 5.56 Å². The lowest BCUT2D eigenvalue weighted by atomic mass is 10.2. The third kappa shape index (κ3) is 4.38. The van der Waals surface area contributed by atoms with Crippen molar-refractivity contribution in [3.8, 4) is 0 Å². The van der Waals surface area contributed by atoms with Crippen LogP contribution in [0.3, 0.4) is 0 Å². The first-order chi connectivity index (χ1) is 11.8. The summed E-state index contributed by atoms with van der Waals surface area (Å²) in [6.07, 6.45) is -2.95. The average Bonchev–Trinajstić information content (AvgIpc) is 2.98. The predicted molar refractivity (Wildman–Crippen MR) is 80.2 cm³/mol. The van der Waals surface area contributed by atoms with Gasteiger partial charge in [0.1, 0.15) is 25.0 Å². The number of aromatic amines is 1. The van der Waals surface area contributed by atoms with Gasteiger partial charge in [-0.2, -0.15) is 0 Å². The minimum absolute atomic E-state index is 0.0929. The summed E-state index contributed by atoms with van der Waals surface area (Å²) in [6, 6.07) is 0. The van der Waals surface area contributed by atoms with E-state index in [2.05, 4.69) is 14.5 Å². The van der Waals surface area contributed by atoms with Crippen molar-refractivity contribution in [1.82, 2.24) is 9.55 Å². The number of aryl methyl sites for hydroxylation is 1. The van der Waals surface area contributed by atoms with Gasteiger partial charge in [-0.1, -0.05) is 0 Å². The van der Waals surface area contributed by atoms with Crippen molar-refractivity contribution in [3.63, 3.8) is 0 Å². The van der Waals surface area contributed by atoms with Gasteiger partial charge in [-0.25, -0.2) is 14.4 Å². The van der Waals surface area contributed by atoms with Gasteiger partial charge >= 0.3 is 18.0 Å². The summed E-state index contributed by atoms with van der Waals surface area (Å²) in [5.74, 6) is 0. The van der Waals surface area contributed by atoms with Crippen molar-refractivity contribution < 1.29 is 33.3 Å². The molecule has 3 atom stereocenters. The number of methoxy groups -OCH3 is 2. The van der Waals surface area contributed by atoms with E-state index in [-0.39, 0.29) is 13.0 Å². The first-order valence-electron chi connectivity index (χ1n) is 7.28. The number of H-pyrrole nitrogens is 1. The van der Waals surface area contributed by atoms with Crippen molar-refractivity contribution in [2.45, 2.75) is 31.8 Å². The van der Waals surface area contributed by atoms with Crippen LogP contribution in [0.1, 0.15) is 18.2 Å². The molecule has 0 bridgehead atoms. The number of hydrogen-bond acceptors (Lipinski definition) is 9. The molecule has 0 aromatic carbocycles. The maximum atomic E-state index is 12.0. The van der Waals surface area contributed by atoms with Gasteiger partial charge in [0.05, 0.1) is 14.2 Å². The van der Waals surface area contributed by atoms with Crippen molar-refractivity contribution in [2.75, 3.05) is 20.8 Å². The molecule has 0 amide bonds. The molecule has 1 aliphatic heterocycles. The molecule has 1 fully saturated rings. The normalized spacial score (nSPS) is 22.3. The molecular weight excluding hydrogens is 340 g/mol. The molecule has 11 nitrogen and oxygen atoms in total. The van der Waals surface area contributed by atoms with Crippen LogP contribution in [-0.4, -0.2) is 54.9 Å². The molecule has 0 radical (unpaired) electrons. The molecule has 1 aliphatic rings. The van der Waals surface area contributed by atoms with Gasteiger partial charge in [-0.05, 0) is 6.92 Å². The summed E-state index contributed by atoms with van der Waals surface area (Å²) < 4.78 is 25.5. The van der Waals surface area contributed by atoms with Crippen LogP contribution in [0.2, 0.25) is 0 Å². The lowest BCUT2D eigenvalue weighted by Gasteiger charge is -2.17. The maximum Gasteiger partial charge on any atom is 0.508 e. The Labute approximate surface area is 141 Å². The summed E-state index contributed by atoms with van der Waals surface area (Å²) in [6.45, 7) is 1.27. The van der Waals surface area contributed by atoms with Crippen LogP contribution >= 0.6 is 0 Å². The predicted octanol–water partition coefficient (Wildman–Crippen LogP) is 0.0671. The number of nitrogens with one attached hydrogen (secondary N) is 1. The quantitative estimate of drug-likeness (QED) is 0.741. The van der Waals surface area contributed by atoms with Crippen molar-refractivity contribution in [1.29, 1.82) is 0 Å². The second-order valence-electron chi connectivity index (χ2n) is 5.22. The third-order valence-electron chi connectivity index (χ3n) is 3.58. The highest BCUT2D eigenvalue weighted by Crippen LogP contribution is 2.30. The van der Waals surface area contributed by atoms with E-state index >= 15 is 0 Å². The number of hydrogen-bond donors (Lipinski definition) is 1. The molecule has 1 saturated heterocycles. The molecule has 1 aromatic rings. The topological polar surface area (TPSA) is 135 Å². The molecule has 2 heterocycles. The number of rotatable bonds is 4. The minimum atomic E-state index is -0.942. The Kier molecular flexibility index (Phi) is 5.80. The fraction of sp³-hybridized carbons (Fsp3) is 0.571. The number of aromatic nitrogens is 2. The van der Waals surface area contributed by atoms with Gasteiger partial charge in [0.2, 0.25) is 0 Å². The van der Waals surface area contributed by atoms with E-state index in [0.29, 0.717) is 5.56 Å². The van der Waals surface area contributed by atoms with E-state index in [1.807, 2.05) is 0 Å². The van der Waals surface area contributed by atoms with E-state index in [1.54, 1.807) is 0 Å². The Morgan fingerprint density at radius 3 is 2.60 bits per heavy atom. The molecular formula is C14H18N2O9. The first-order valence-corrected chi connectivity index (χ1v) is 7.28. The van der Waals surface area contributed by atoms with Gasteiger partial charge in [0, 0.05) is 18.2 Å². The highest BCUT2D eigenvalue weighted by molar-refractivity contribution is 5.60. The van der Waals surface area contributed by atoms with Crippen molar-refractivity contribution in [3.05, 3.63) is 32.6 Å². The minimum Gasteiger partial charge on any atom is -0.438 e. The van der Waals surface area contributed by atoms with Crippen LogP contribution in [-0.2, 0) is 23.7 Å². The van der Waals surface area contributed by atoms with Crippen LogP contribution < -0.4 is 11.2 Å². The summed E-state index contributed by atoms with van der Waals surface area (Å²) >= 11 is 0.